The molecule has 0 radical (unpaired) electrons. The summed E-state index contributed by atoms with van der Waals surface area (Å²) in [6, 6.07) is 14.9. The van der Waals surface area contributed by atoms with Gasteiger partial charge < -0.3 is 9.47 Å². The van der Waals surface area contributed by atoms with Crippen molar-refractivity contribution in [2.24, 2.45) is 0 Å². The molecule has 3 heterocycles. The topological polar surface area (TPSA) is 79.7 Å². The minimum absolute atomic E-state index is 0.0400. The Morgan fingerprint density at radius 3 is 2.64 bits per heavy atom. The summed E-state index contributed by atoms with van der Waals surface area (Å²) in [5.41, 5.74) is 2.86. The second-order valence-electron chi connectivity index (χ2n) is 10.1. The van der Waals surface area contributed by atoms with E-state index in [0.29, 0.717) is 46.3 Å². The molecule has 3 aromatic carbocycles. The Kier molecular flexibility index (Phi) is 5.70. The van der Waals surface area contributed by atoms with Gasteiger partial charge in [0.2, 0.25) is 0 Å². The first-order valence-corrected chi connectivity index (χ1v) is 13.3. The van der Waals surface area contributed by atoms with Crippen molar-refractivity contribution in [3.05, 3.63) is 88.7 Å². The number of hydrogen-bond acceptors (Lipinski definition) is 4. The molecule has 5 aromatic rings. The van der Waals surface area contributed by atoms with E-state index < -0.39 is 11.6 Å². The van der Waals surface area contributed by atoms with Gasteiger partial charge in [0.25, 0.3) is 5.91 Å². The molecule has 1 saturated carbocycles. The number of halogens is 3. The Labute approximate surface area is 227 Å². The minimum Gasteiger partial charge on any atom is -0.331 e. The Morgan fingerprint density at radius 2 is 1.82 bits per heavy atom. The van der Waals surface area contributed by atoms with Crippen LogP contribution in [0.15, 0.2) is 60.9 Å². The third-order valence-corrected chi connectivity index (χ3v) is 8.14. The molecule has 1 fully saturated rings. The van der Waals surface area contributed by atoms with Crippen molar-refractivity contribution >= 4 is 28.5 Å². The average molecular weight is 545 g/mol. The lowest BCUT2D eigenvalue weighted by molar-refractivity contribution is 0.0630. The Balaban J connectivity index is 1.34. The zero-order valence-electron chi connectivity index (χ0n) is 20.7. The summed E-state index contributed by atoms with van der Waals surface area (Å²) in [4.78, 5) is 24.1. The molecule has 196 valence electrons. The molecular weight excluding hydrogens is 522 g/mol. The Bertz CT molecular complexity index is 1730. The van der Waals surface area contributed by atoms with Gasteiger partial charge in [-0.05, 0) is 67.6 Å². The molecule has 2 atom stereocenters. The standard InChI is InChI=1S/C29H23ClF2N6O/c30-17-9-8-16-14-37(29(39)22(16)12-17)18-4-3-5-19(13-18)38-26-24(35-28(38)20-6-1-2-7-23(20)31)11-10-21(25(26)32)27-33-15-34-36-27/h1-2,6-12,15,18-19H,3-5,13-14H2,(H,33,34,36). The maximum Gasteiger partial charge on any atom is 0.254 e. The highest BCUT2D eigenvalue weighted by atomic mass is 35.5. The normalized spacial score (nSPS) is 19.2. The molecule has 0 bridgehead atoms. The first kappa shape index (κ1) is 24.0. The lowest BCUT2D eigenvalue weighted by Gasteiger charge is -2.36. The van der Waals surface area contributed by atoms with Gasteiger partial charge in [0.1, 0.15) is 23.5 Å². The van der Waals surface area contributed by atoms with E-state index in [9.17, 15) is 4.79 Å². The maximum absolute atomic E-state index is 16.2. The second kappa shape index (κ2) is 9.27. The number of hydrogen-bond donors (Lipinski definition) is 1. The molecule has 2 unspecified atom stereocenters. The van der Waals surface area contributed by atoms with Gasteiger partial charge >= 0.3 is 0 Å². The SMILES string of the molecule is O=C1c2cc(Cl)ccc2CN1C1CCCC(n2c(-c3ccccc3F)nc3ccc(-c4ncn[nH]4)c(F)c32)C1. The van der Waals surface area contributed by atoms with Gasteiger partial charge in [-0.15, -0.1) is 0 Å². The molecular formula is C29H23ClF2N6O. The smallest absolute Gasteiger partial charge is 0.254 e. The average Bonchev–Trinajstić information content (AvgIpc) is 3.68. The van der Waals surface area contributed by atoms with Crippen molar-refractivity contribution in [3.63, 3.8) is 0 Å². The molecule has 1 N–H and O–H groups in total. The highest BCUT2D eigenvalue weighted by Gasteiger charge is 2.37. The van der Waals surface area contributed by atoms with E-state index >= 15 is 8.78 Å². The summed E-state index contributed by atoms with van der Waals surface area (Å²) < 4.78 is 33.1. The molecule has 7 nitrogen and oxygen atoms in total. The summed E-state index contributed by atoms with van der Waals surface area (Å²) in [7, 11) is 0. The third kappa shape index (κ3) is 3.91. The van der Waals surface area contributed by atoms with Crippen LogP contribution in [0.3, 0.4) is 0 Å². The number of benzene rings is 3. The Hall–Kier alpha value is -4.11. The van der Waals surface area contributed by atoms with Crippen LogP contribution in [0.25, 0.3) is 33.8 Å². The van der Waals surface area contributed by atoms with Crippen LogP contribution >= 0.6 is 11.6 Å². The Morgan fingerprint density at radius 1 is 0.974 bits per heavy atom. The van der Waals surface area contributed by atoms with Crippen LogP contribution in [-0.4, -0.2) is 41.6 Å². The van der Waals surface area contributed by atoms with Crippen LogP contribution in [-0.2, 0) is 6.54 Å². The zero-order chi connectivity index (χ0) is 26.7. The molecule has 1 amide bonds. The quantitative estimate of drug-likeness (QED) is 0.278. The lowest BCUT2D eigenvalue weighted by Crippen LogP contribution is -2.39. The number of H-pyrrole nitrogens is 1. The first-order chi connectivity index (χ1) is 19.0. The van der Waals surface area contributed by atoms with Crippen LogP contribution in [0, 0.1) is 11.6 Å². The molecule has 1 aliphatic heterocycles. The van der Waals surface area contributed by atoms with Crippen LogP contribution in [0.1, 0.15) is 47.6 Å². The van der Waals surface area contributed by atoms with Gasteiger partial charge in [0, 0.05) is 29.2 Å². The third-order valence-electron chi connectivity index (χ3n) is 7.90. The molecule has 2 aliphatic rings. The van der Waals surface area contributed by atoms with E-state index in [1.54, 1.807) is 42.5 Å². The highest BCUT2D eigenvalue weighted by molar-refractivity contribution is 6.31. The van der Waals surface area contributed by atoms with Crippen LogP contribution in [0.5, 0.6) is 0 Å². The fraction of sp³-hybridized carbons (Fsp3) is 0.241. The van der Waals surface area contributed by atoms with E-state index in [0.717, 1.165) is 24.8 Å². The molecule has 7 rings (SSSR count). The predicted molar refractivity (Wildman–Crippen MR) is 143 cm³/mol. The highest BCUT2D eigenvalue weighted by Crippen LogP contribution is 2.41. The number of nitrogens with zero attached hydrogens (tertiary/aromatic N) is 5. The number of amides is 1. The van der Waals surface area contributed by atoms with Crippen molar-refractivity contribution < 1.29 is 13.6 Å². The fourth-order valence-corrected chi connectivity index (χ4v) is 6.27. The van der Waals surface area contributed by atoms with E-state index in [1.165, 1.54) is 12.4 Å². The lowest BCUT2D eigenvalue weighted by atomic mass is 9.89. The van der Waals surface area contributed by atoms with E-state index in [-0.39, 0.29) is 29.1 Å². The summed E-state index contributed by atoms with van der Waals surface area (Å²) in [6.45, 7) is 0.511. The van der Waals surface area contributed by atoms with E-state index in [2.05, 4.69) is 15.2 Å². The van der Waals surface area contributed by atoms with E-state index in [1.807, 2.05) is 15.5 Å². The van der Waals surface area contributed by atoms with Gasteiger partial charge in [-0.1, -0.05) is 29.8 Å². The van der Waals surface area contributed by atoms with Gasteiger partial charge in [-0.3, -0.25) is 9.89 Å². The summed E-state index contributed by atoms with van der Waals surface area (Å²) in [5.74, 6) is -0.303. The summed E-state index contributed by atoms with van der Waals surface area (Å²) in [6.07, 6.45) is 4.32. The zero-order valence-corrected chi connectivity index (χ0v) is 21.5. The van der Waals surface area contributed by atoms with Gasteiger partial charge in [-0.25, -0.2) is 18.7 Å². The number of rotatable bonds is 4. The van der Waals surface area contributed by atoms with Crippen molar-refractivity contribution in [2.75, 3.05) is 0 Å². The van der Waals surface area contributed by atoms with Gasteiger partial charge in [0.05, 0.1) is 16.6 Å². The molecule has 39 heavy (non-hydrogen) atoms. The van der Waals surface area contributed by atoms with Crippen LogP contribution in [0.2, 0.25) is 5.02 Å². The summed E-state index contributed by atoms with van der Waals surface area (Å²) in [5, 5.41) is 7.11. The maximum atomic E-state index is 16.2. The molecule has 1 aliphatic carbocycles. The predicted octanol–water partition coefficient (Wildman–Crippen LogP) is 6.56. The first-order valence-electron chi connectivity index (χ1n) is 12.9. The van der Waals surface area contributed by atoms with Crippen LogP contribution in [0.4, 0.5) is 8.78 Å². The van der Waals surface area contributed by atoms with Crippen molar-refractivity contribution in [1.29, 1.82) is 0 Å². The fourth-order valence-electron chi connectivity index (χ4n) is 6.10. The number of carbonyl (C=O) groups excluding carboxylic acids is 1. The minimum atomic E-state index is -0.499. The molecule has 2 aromatic heterocycles. The van der Waals surface area contributed by atoms with Gasteiger partial charge in [-0.2, -0.15) is 5.10 Å². The largest absolute Gasteiger partial charge is 0.331 e. The monoisotopic (exact) mass is 544 g/mol. The van der Waals surface area contributed by atoms with E-state index in [4.69, 9.17) is 16.6 Å². The van der Waals surface area contributed by atoms with Crippen LogP contribution < -0.4 is 0 Å². The van der Waals surface area contributed by atoms with Crippen molar-refractivity contribution in [3.8, 4) is 22.8 Å². The van der Waals surface area contributed by atoms with Crippen molar-refractivity contribution in [2.45, 2.75) is 44.3 Å². The number of aromatic nitrogens is 5. The summed E-state index contributed by atoms with van der Waals surface area (Å²) >= 11 is 6.16. The molecule has 0 saturated heterocycles. The van der Waals surface area contributed by atoms with Crippen molar-refractivity contribution in [1.82, 2.24) is 29.6 Å². The number of aromatic amines is 1. The number of imidazole rings is 1. The number of carbonyl (C=O) groups is 1. The second-order valence-corrected chi connectivity index (χ2v) is 10.6. The molecule has 0 spiro atoms. The number of fused-ring (bicyclic) bond motifs is 2. The molecule has 10 heteroatoms. The number of nitrogens with one attached hydrogen (secondary N) is 1. The van der Waals surface area contributed by atoms with Gasteiger partial charge in [0.15, 0.2) is 11.6 Å².